The lowest BCUT2D eigenvalue weighted by Crippen LogP contribution is -2.37. The van der Waals surface area contributed by atoms with Gasteiger partial charge in [0, 0.05) is 30.2 Å². The van der Waals surface area contributed by atoms with Gasteiger partial charge in [-0.2, -0.15) is 0 Å². The van der Waals surface area contributed by atoms with E-state index in [1.807, 2.05) is 6.92 Å². The number of aryl methyl sites for hydroxylation is 1. The molecule has 21 heavy (non-hydrogen) atoms. The molecule has 1 N–H and O–H groups in total. The van der Waals surface area contributed by atoms with Crippen LogP contribution in [0.3, 0.4) is 0 Å². The summed E-state index contributed by atoms with van der Waals surface area (Å²) in [7, 11) is -3.34. The SMILES string of the molecule is CCNS(=O)(=O)[C@H]1CCN(C(=O)c2ccc(Cl)cc2C)C1. The molecule has 1 aromatic rings. The van der Waals surface area contributed by atoms with Gasteiger partial charge in [-0.15, -0.1) is 0 Å². The molecular formula is C14H19ClN2O3S. The van der Waals surface area contributed by atoms with Crippen LogP contribution in [0.25, 0.3) is 0 Å². The van der Waals surface area contributed by atoms with E-state index < -0.39 is 15.3 Å². The van der Waals surface area contributed by atoms with Gasteiger partial charge >= 0.3 is 0 Å². The fourth-order valence-electron chi connectivity index (χ4n) is 2.52. The summed E-state index contributed by atoms with van der Waals surface area (Å²) in [5.74, 6) is -0.140. The van der Waals surface area contributed by atoms with E-state index in [0.717, 1.165) is 5.56 Å². The number of carbonyl (C=O) groups excluding carboxylic acids is 1. The van der Waals surface area contributed by atoms with Gasteiger partial charge in [-0.25, -0.2) is 13.1 Å². The summed E-state index contributed by atoms with van der Waals surface area (Å²) in [6.45, 7) is 4.62. The van der Waals surface area contributed by atoms with Crippen molar-refractivity contribution >= 4 is 27.5 Å². The average Bonchev–Trinajstić information content (AvgIpc) is 2.88. The second-order valence-corrected chi connectivity index (χ2v) is 7.65. The first-order valence-electron chi connectivity index (χ1n) is 6.89. The first-order chi connectivity index (χ1) is 9.85. The van der Waals surface area contributed by atoms with E-state index in [2.05, 4.69) is 4.72 Å². The van der Waals surface area contributed by atoms with E-state index in [1.54, 1.807) is 30.0 Å². The molecule has 7 heteroatoms. The van der Waals surface area contributed by atoms with Crippen molar-refractivity contribution in [3.05, 3.63) is 34.3 Å². The second-order valence-electron chi connectivity index (χ2n) is 5.16. The van der Waals surface area contributed by atoms with Crippen molar-refractivity contribution in [3.63, 3.8) is 0 Å². The molecule has 1 atom stereocenters. The summed E-state index contributed by atoms with van der Waals surface area (Å²) in [6, 6.07) is 5.09. The summed E-state index contributed by atoms with van der Waals surface area (Å²) in [6.07, 6.45) is 0.466. The molecule has 1 aliphatic heterocycles. The van der Waals surface area contributed by atoms with Crippen molar-refractivity contribution in [2.75, 3.05) is 19.6 Å². The summed E-state index contributed by atoms with van der Waals surface area (Å²) < 4.78 is 26.5. The van der Waals surface area contributed by atoms with Crippen LogP contribution in [0.4, 0.5) is 0 Å². The zero-order valence-corrected chi connectivity index (χ0v) is 13.7. The number of benzene rings is 1. The van der Waals surface area contributed by atoms with Crippen LogP contribution in [0, 0.1) is 6.92 Å². The highest BCUT2D eigenvalue weighted by Gasteiger charge is 2.35. The molecule has 0 saturated carbocycles. The van der Waals surface area contributed by atoms with Crippen LogP contribution in [0.15, 0.2) is 18.2 Å². The van der Waals surface area contributed by atoms with Crippen LogP contribution in [0.5, 0.6) is 0 Å². The maximum atomic E-state index is 12.5. The largest absolute Gasteiger partial charge is 0.337 e. The Balaban J connectivity index is 2.12. The lowest BCUT2D eigenvalue weighted by Gasteiger charge is -2.18. The number of hydrogen-bond acceptors (Lipinski definition) is 3. The first kappa shape index (κ1) is 16.3. The maximum absolute atomic E-state index is 12.5. The van der Waals surface area contributed by atoms with Crippen molar-refractivity contribution in [2.24, 2.45) is 0 Å². The Morgan fingerprint density at radius 3 is 2.81 bits per heavy atom. The van der Waals surface area contributed by atoms with Crippen LogP contribution in [0.1, 0.15) is 29.3 Å². The molecule has 0 unspecified atom stereocenters. The third kappa shape index (κ3) is 3.56. The molecule has 1 aromatic carbocycles. The molecule has 1 saturated heterocycles. The predicted octanol–water partition coefficient (Wildman–Crippen LogP) is 1.80. The van der Waals surface area contributed by atoms with Crippen molar-refractivity contribution in [3.8, 4) is 0 Å². The summed E-state index contributed by atoms with van der Waals surface area (Å²) >= 11 is 5.89. The standard InChI is InChI=1S/C14H19ClN2O3S/c1-3-16-21(19,20)12-6-7-17(9-12)14(18)13-5-4-11(15)8-10(13)2/h4-5,8,12,16H,3,6-7,9H2,1-2H3/t12-/m0/s1. The lowest BCUT2D eigenvalue weighted by atomic mass is 10.1. The number of nitrogens with one attached hydrogen (secondary N) is 1. The van der Waals surface area contributed by atoms with Gasteiger partial charge in [0.2, 0.25) is 10.0 Å². The van der Waals surface area contributed by atoms with E-state index in [4.69, 9.17) is 11.6 Å². The fourth-order valence-corrected chi connectivity index (χ4v) is 4.18. The Kier molecular flexibility index (Phi) is 4.91. The third-order valence-electron chi connectivity index (χ3n) is 3.64. The molecule has 0 bridgehead atoms. The van der Waals surface area contributed by atoms with Gasteiger partial charge in [0.25, 0.3) is 5.91 Å². The van der Waals surface area contributed by atoms with Gasteiger partial charge in [-0.05, 0) is 37.1 Å². The predicted molar refractivity (Wildman–Crippen MR) is 83.1 cm³/mol. The summed E-state index contributed by atoms with van der Waals surface area (Å²) in [5.41, 5.74) is 1.37. The molecule has 1 fully saturated rings. The van der Waals surface area contributed by atoms with Crippen LogP contribution in [-0.2, 0) is 10.0 Å². The van der Waals surface area contributed by atoms with E-state index in [9.17, 15) is 13.2 Å². The van der Waals surface area contributed by atoms with Gasteiger partial charge in [0.1, 0.15) is 0 Å². The van der Waals surface area contributed by atoms with E-state index in [-0.39, 0.29) is 12.5 Å². The van der Waals surface area contributed by atoms with Gasteiger partial charge in [0.05, 0.1) is 5.25 Å². The third-order valence-corrected chi connectivity index (χ3v) is 5.82. The number of sulfonamides is 1. The van der Waals surface area contributed by atoms with Crippen LogP contribution in [-0.4, -0.2) is 44.1 Å². The van der Waals surface area contributed by atoms with E-state index >= 15 is 0 Å². The Labute approximate surface area is 130 Å². The van der Waals surface area contributed by atoms with Gasteiger partial charge in [-0.3, -0.25) is 4.79 Å². The van der Waals surface area contributed by atoms with Crippen LogP contribution >= 0.6 is 11.6 Å². The number of hydrogen-bond donors (Lipinski definition) is 1. The number of rotatable bonds is 4. The van der Waals surface area contributed by atoms with Crippen molar-refractivity contribution in [1.82, 2.24) is 9.62 Å². The van der Waals surface area contributed by atoms with Crippen LogP contribution < -0.4 is 4.72 Å². The second kappa shape index (κ2) is 6.34. The molecule has 1 amide bonds. The van der Waals surface area contributed by atoms with Crippen molar-refractivity contribution in [1.29, 1.82) is 0 Å². The fraction of sp³-hybridized carbons (Fsp3) is 0.500. The zero-order valence-electron chi connectivity index (χ0n) is 12.1. The molecule has 0 radical (unpaired) electrons. The molecule has 1 aliphatic rings. The van der Waals surface area contributed by atoms with Crippen molar-refractivity contribution in [2.45, 2.75) is 25.5 Å². The Morgan fingerprint density at radius 1 is 1.48 bits per heavy atom. The van der Waals surface area contributed by atoms with Gasteiger partial charge in [-0.1, -0.05) is 18.5 Å². The molecule has 0 aliphatic carbocycles. The monoisotopic (exact) mass is 330 g/mol. The normalized spacial score (nSPS) is 19.0. The van der Waals surface area contributed by atoms with Gasteiger partial charge in [0.15, 0.2) is 0 Å². The molecule has 1 heterocycles. The number of nitrogens with zero attached hydrogens (tertiary/aromatic N) is 1. The summed E-state index contributed by atoms with van der Waals surface area (Å²) in [4.78, 5) is 14.1. The minimum absolute atomic E-state index is 0.140. The number of carbonyl (C=O) groups is 1. The molecular weight excluding hydrogens is 312 g/mol. The average molecular weight is 331 g/mol. The number of halogens is 1. The van der Waals surface area contributed by atoms with Crippen LogP contribution in [0.2, 0.25) is 5.02 Å². The molecule has 0 spiro atoms. The maximum Gasteiger partial charge on any atom is 0.254 e. The highest BCUT2D eigenvalue weighted by Crippen LogP contribution is 2.21. The number of likely N-dealkylation sites (tertiary alicyclic amines) is 1. The Bertz CT molecular complexity index is 646. The zero-order chi connectivity index (χ0) is 15.6. The minimum Gasteiger partial charge on any atom is -0.337 e. The lowest BCUT2D eigenvalue weighted by molar-refractivity contribution is 0.0792. The van der Waals surface area contributed by atoms with Gasteiger partial charge < -0.3 is 4.90 Å². The molecule has 5 nitrogen and oxygen atoms in total. The topological polar surface area (TPSA) is 66.5 Å². The molecule has 116 valence electrons. The highest BCUT2D eigenvalue weighted by atomic mass is 35.5. The van der Waals surface area contributed by atoms with E-state index in [1.165, 1.54) is 0 Å². The first-order valence-corrected chi connectivity index (χ1v) is 8.81. The Hall–Kier alpha value is -1.11. The minimum atomic E-state index is -3.34. The summed E-state index contributed by atoms with van der Waals surface area (Å²) in [5, 5.41) is 0.0482. The highest BCUT2D eigenvalue weighted by molar-refractivity contribution is 7.90. The molecule has 2 rings (SSSR count). The van der Waals surface area contributed by atoms with E-state index in [0.29, 0.717) is 30.1 Å². The quantitative estimate of drug-likeness (QED) is 0.915. The number of amides is 1. The molecule has 0 aromatic heterocycles. The Morgan fingerprint density at radius 2 is 2.19 bits per heavy atom. The van der Waals surface area contributed by atoms with Crippen molar-refractivity contribution < 1.29 is 13.2 Å². The smallest absolute Gasteiger partial charge is 0.254 e.